The largest absolute Gasteiger partial charge is 0.309 e. The molecule has 1 aliphatic heterocycles. The van der Waals surface area contributed by atoms with Gasteiger partial charge in [0, 0.05) is 25.3 Å². The van der Waals surface area contributed by atoms with Crippen molar-refractivity contribution in [3.05, 3.63) is 29.8 Å². The Bertz CT molecular complexity index is 364. The van der Waals surface area contributed by atoms with Gasteiger partial charge in [-0.25, -0.2) is 4.39 Å². The summed E-state index contributed by atoms with van der Waals surface area (Å²) in [5.74, 6) is -0.266. The molecule has 0 bridgehead atoms. The summed E-state index contributed by atoms with van der Waals surface area (Å²) in [5.41, 5.74) is 0.911. The Morgan fingerprint density at radius 3 is 2.83 bits per heavy atom. The van der Waals surface area contributed by atoms with Crippen molar-refractivity contribution in [1.29, 1.82) is 0 Å². The first-order valence-electron chi connectivity index (χ1n) is 6.82. The monoisotopic (exact) mass is 251 g/mol. The smallest absolute Gasteiger partial charge is 0.141 e. The summed E-state index contributed by atoms with van der Waals surface area (Å²) in [6.07, 6.45) is 6.98. The predicted octanol–water partition coefficient (Wildman–Crippen LogP) is 2.36. The van der Waals surface area contributed by atoms with Gasteiger partial charge in [0.05, 0.1) is 6.20 Å². The van der Waals surface area contributed by atoms with Crippen LogP contribution in [0, 0.1) is 5.82 Å². The van der Waals surface area contributed by atoms with Gasteiger partial charge in [0.1, 0.15) is 5.82 Å². The van der Waals surface area contributed by atoms with Gasteiger partial charge in [-0.1, -0.05) is 6.42 Å². The number of pyridine rings is 1. The molecule has 1 aliphatic rings. The van der Waals surface area contributed by atoms with Crippen molar-refractivity contribution in [3.8, 4) is 0 Å². The maximum Gasteiger partial charge on any atom is 0.141 e. The molecule has 1 saturated heterocycles. The normalized spacial score (nSPS) is 18.8. The summed E-state index contributed by atoms with van der Waals surface area (Å²) in [5, 5.41) is 3.43. The summed E-state index contributed by atoms with van der Waals surface area (Å²) in [6, 6.07) is 1.70. The third kappa shape index (κ3) is 4.03. The second-order valence-electron chi connectivity index (χ2n) is 5.01. The van der Waals surface area contributed by atoms with Crippen molar-refractivity contribution in [2.24, 2.45) is 0 Å². The minimum atomic E-state index is -0.266. The Hall–Kier alpha value is -1.00. The van der Waals surface area contributed by atoms with Gasteiger partial charge in [-0.3, -0.25) is 4.98 Å². The second-order valence-corrected chi connectivity index (χ2v) is 5.01. The summed E-state index contributed by atoms with van der Waals surface area (Å²) in [7, 11) is 0. The lowest BCUT2D eigenvalue weighted by molar-refractivity contribution is 0.227. The van der Waals surface area contributed by atoms with Crippen LogP contribution in [0.15, 0.2) is 18.5 Å². The average Bonchev–Trinajstić information content (AvgIpc) is 2.40. The number of nitrogens with one attached hydrogen (secondary N) is 1. The van der Waals surface area contributed by atoms with Gasteiger partial charge in [0.2, 0.25) is 0 Å². The molecule has 0 amide bonds. The van der Waals surface area contributed by atoms with E-state index < -0.39 is 0 Å². The van der Waals surface area contributed by atoms with Gasteiger partial charge < -0.3 is 10.2 Å². The van der Waals surface area contributed by atoms with Gasteiger partial charge >= 0.3 is 0 Å². The van der Waals surface area contributed by atoms with Crippen LogP contribution in [0.1, 0.15) is 37.8 Å². The molecule has 0 aromatic carbocycles. The minimum absolute atomic E-state index is 0.151. The van der Waals surface area contributed by atoms with Crippen molar-refractivity contribution >= 4 is 0 Å². The third-order valence-corrected chi connectivity index (χ3v) is 3.55. The Balaban J connectivity index is 1.72. The highest BCUT2D eigenvalue weighted by Crippen LogP contribution is 2.12. The second kappa shape index (κ2) is 6.81. The molecule has 0 radical (unpaired) electrons. The topological polar surface area (TPSA) is 28.2 Å². The van der Waals surface area contributed by atoms with Crippen LogP contribution >= 0.6 is 0 Å². The van der Waals surface area contributed by atoms with E-state index in [1.165, 1.54) is 38.5 Å². The highest BCUT2D eigenvalue weighted by Gasteiger charge is 2.10. The van der Waals surface area contributed by atoms with E-state index in [0.717, 1.165) is 18.7 Å². The van der Waals surface area contributed by atoms with E-state index >= 15 is 0 Å². The highest BCUT2D eigenvalue weighted by atomic mass is 19.1. The molecule has 0 spiro atoms. The molecule has 2 heterocycles. The van der Waals surface area contributed by atoms with Crippen LogP contribution in [0.5, 0.6) is 0 Å². The number of piperidine rings is 1. The molecule has 18 heavy (non-hydrogen) atoms. The Morgan fingerprint density at radius 2 is 2.11 bits per heavy atom. The Kier molecular flexibility index (Phi) is 5.08. The number of nitrogens with zero attached hydrogens (tertiary/aromatic N) is 2. The number of halogens is 1. The summed E-state index contributed by atoms with van der Waals surface area (Å²) in [6.45, 7) is 6.51. The van der Waals surface area contributed by atoms with Crippen molar-refractivity contribution < 1.29 is 4.39 Å². The van der Waals surface area contributed by atoms with E-state index in [1.807, 2.05) is 6.92 Å². The predicted molar refractivity (Wildman–Crippen MR) is 70.9 cm³/mol. The molecule has 1 aromatic heterocycles. The zero-order valence-corrected chi connectivity index (χ0v) is 11.0. The molecule has 1 atom stereocenters. The first kappa shape index (κ1) is 13.4. The SMILES string of the molecule is CC(NCCN1CCCCC1)c1cncc(F)c1. The van der Waals surface area contributed by atoms with Crippen LogP contribution in [0.3, 0.4) is 0 Å². The number of likely N-dealkylation sites (tertiary alicyclic amines) is 1. The Labute approximate surface area is 108 Å². The fourth-order valence-electron chi connectivity index (χ4n) is 2.41. The average molecular weight is 251 g/mol. The molecule has 2 rings (SSSR count). The van der Waals surface area contributed by atoms with Crippen LogP contribution in [0.25, 0.3) is 0 Å². The summed E-state index contributed by atoms with van der Waals surface area (Å²) < 4.78 is 13.0. The Morgan fingerprint density at radius 1 is 1.33 bits per heavy atom. The maximum absolute atomic E-state index is 13.0. The van der Waals surface area contributed by atoms with Crippen molar-refractivity contribution in [3.63, 3.8) is 0 Å². The van der Waals surface area contributed by atoms with E-state index in [2.05, 4.69) is 15.2 Å². The highest BCUT2D eigenvalue weighted by molar-refractivity contribution is 5.14. The van der Waals surface area contributed by atoms with Crippen LogP contribution in [0.4, 0.5) is 4.39 Å². The summed E-state index contributed by atoms with van der Waals surface area (Å²) in [4.78, 5) is 6.37. The standard InChI is InChI=1S/C14H22FN3/c1-12(13-9-14(15)11-16-10-13)17-5-8-18-6-3-2-4-7-18/h9-12,17H,2-8H2,1H3. The number of aromatic nitrogens is 1. The van der Waals surface area contributed by atoms with Crippen LogP contribution in [0.2, 0.25) is 0 Å². The van der Waals surface area contributed by atoms with E-state index in [1.54, 1.807) is 12.3 Å². The van der Waals surface area contributed by atoms with Crippen molar-refractivity contribution in [2.45, 2.75) is 32.2 Å². The van der Waals surface area contributed by atoms with E-state index in [9.17, 15) is 4.39 Å². The molecule has 4 heteroatoms. The van der Waals surface area contributed by atoms with E-state index in [4.69, 9.17) is 0 Å². The van der Waals surface area contributed by atoms with Crippen LogP contribution in [-0.4, -0.2) is 36.1 Å². The van der Waals surface area contributed by atoms with Crippen LogP contribution < -0.4 is 5.32 Å². The molecule has 100 valence electrons. The molecule has 1 N–H and O–H groups in total. The van der Waals surface area contributed by atoms with Crippen molar-refractivity contribution in [1.82, 2.24) is 15.2 Å². The van der Waals surface area contributed by atoms with Gasteiger partial charge in [-0.15, -0.1) is 0 Å². The van der Waals surface area contributed by atoms with E-state index in [0.29, 0.717) is 0 Å². The fourth-order valence-corrected chi connectivity index (χ4v) is 2.41. The molecule has 0 saturated carbocycles. The lowest BCUT2D eigenvalue weighted by Crippen LogP contribution is -2.36. The minimum Gasteiger partial charge on any atom is -0.309 e. The van der Waals surface area contributed by atoms with Gasteiger partial charge in [0.25, 0.3) is 0 Å². The fraction of sp³-hybridized carbons (Fsp3) is 0.643. The van der Waals surface area contributed by atoms with Gasteiger partial charge in [0.15, 0.2) is 0 Å². The molecule has 1 unspecified atom stereocenters. The van der Waals surface area contributed by atoms with Crippen molar-refractivity contribution in [2.75, 3.05) is 26.2 Å². The summed E-state index contributed by atoms with van der Waals surface area (Å²) >= 11 is 0. The molecular formula is C14H22FN3. The number of rotatable bonds is 5. The first-order chi connectivity index (χ1) is 8.75. The lowest BCUT2D eigenvalue weighted by Gasteiger charge is -2.27. The van der Waals surface area contributed by atoms with E-state index in [-0.39, 0.29) is 11.9 Å². The first-order valence-corrected chi connectivity index (χ1v) is 6.82. The maximum atomic E-state index is 13.0. The molecule has 0 aliphatic carbocycles. The van der Waals surface area contributed by atoms with Crippen LogP contribution in [-0.2, 0) is 0 Å². The zero-order valence-electron chi connectivity index (χ0n) is 11.0. The van der Waals surface area contributed by atoms with Gasteiger partial charge in [-0.05, 0) is 44.5 Å². The number of hydrogen-bond donors (Lipinski definition) is 1. The molecular weight excluding hydrogens is 229 g/mol. The third-order valence-electron chi connectivity index (χ3n) is 3.55. The molecule has 1 aromatic rings. The zero-order chi connectivity index (χ0) is 12.8. The number of hydrogen-bond acceptors (Lipinski definition) is 3. The lowest BCUT2D eigenvalue weighted by atomic mass is 10.1. The van der Waals surface area contributed by atoms with Gasteiger partial charge in [-0.2, -0.15) is 0 Å². The molecule has 1 fully saturated rings. The quantitative estimate of drug-likeness (QED) is 0.870. The molecule has 3 nitrogen and oxygen atoms in total.